The van der Waals surface area contributed by atoms with Crippen LogP contribution in [0.5, 0.6) is 0 Å². The standard InChI is InChI=1S/C13H19F2N3S/c1-8(2)9-10(13(9,14)15)11-16-12(19-17-11)18-6-4-3-5-7-18/h8-10H,3-7H2,1-2H3/t9?,10-/m0/s1. The molecule has 2 aliphatic rings. The fraction of sp³-hybridized carbons (Fsp3) is 0.846. The van der Waals surface area contributed by atoms with E-state index in [-0.39, 0.29) is 5.92 Å². The van der Waals surface area contributed by atoms with E-state index < -0.39 is 17.8 Å². The van der Waals surface area contributed by atoms with E-state index in [1.54, 1.807) is 0 Å². The lowest BCUT2D eigenvalue weighted by Crippen LogP contribution is -2.29. The monoisotopic (exact) mass is 287 g/mol. The first-order chi connectivity index (χ1) is 9.01. The van der Waals surface area contributed by atoms with Crippen molar-refractivity contribution < 1.29 is 8.78 Å². The molecule has 0 aromatic carbocycles. The maximum Gasteiger partial charge on any atom is 0.262 e. The fourth-order valence-electron chi connectivity index (χ4n) is 3.08. The van der Waals surface area contributed by atoms with Gasteiger partial charge in [-0.25, -0.2) is 13.8 Å². The topological polar surface area (TPSA) is 29.0 Å². The zero-order chi connectivity index (χ0) is 13.6. The first-order valence-corrected chi connectivity index (χ1v) is 7.75. The second kappa shape index (κ2) is 4.65. The van der Waals surface area contributed by atoms with Crippen molar-refractivity contribution in [3.63, 3.8) is 0 Å². The van der Waals surface area contributed by atoms with Crippen molar-refractivity contribution in [1.29, 1.82) is 0 Å². The molecule has 1 aliphatic heterocycles. The second-order valence-corrected chi connectivity index (χ2v) is 6.64. The molecule has 19 heavy (non-hydrogen) atoms. The zero-order valence-electron chi connectivity index (χ0n) is 11.3. The Morgan fingerprint density at radius 1 is 1.26 bits per heavy atom. The van der Waals surface area contributed by atoms with Crippen LogP contribution in [0.25, 0.3) is 0 Å². The highest BCUT2D eigenvalue weighted by Gasteiger charge is 2.71. The first-order valence-electron chi connectivity index (χ1n) is 6.98. The molecule has 0 N–H and O–H groups in total. The van der Waals surface area contributed by atoms with Crippen molar-refractivity contribution in [1.82, 2.24) is 9.36 Å². The number of rotatable bonds is 3. The van der Waals surface area contributed by atoms with E-state index >= 15 is 0 Å². The molecular weight excluding hydrogens is 268 g/mol. The predicted molar refractivity (Wildman–Crippen MR) is 72.0 cm³/mol. The Hall–Kier alpha value is -0.780. The molecule has 106 valence electrons. The van der Waals surface area contributed by atoms with Gasteiger partial charge in [-0.2, -0.15) is 4.37 Å². The Labute approximate surface area is 116 Å². The van der Waals surface area contributed by atoms with Gasteiger partial charge in [-0.1, -0.05) is 13.8 Å². The van der Waals surface area contributed by atoms with Gasteiger partial charge < -0.3 is 4.90 Å². The Morgan fingerprint density at radius 3 is 2.53 bits per heavy atom. The summed E-state index contributed by atoms with van der Waals surface area (Å²) in [4.78, 5) is 6.55. The van der Waals surface area contributed by atoms with Gasteiger partial charge in [-0.3, -0.25) is 0 Å². The zero-order valence-corrected chi connectivity index (χ0v) is 12.1. The van der Waals surface area contributed by atoms with Crippen LogP contribution in [-0.2, 0) is 0 Å². The van der Waals surface area contributed by atoms with Gasteiger partial charge in [0.05, 0.1) is 5.92 Å². The molecule has 3 rings (SSSR count). The van der Waals surface area contributed by atoms with E-state index in [9.17, 15) is 8.78 Å². The highest BCUT2D eigenvalue weighted by Crippen LogP contribution is 2.64. The van der Waals surface area contributed by atoms with Crippen molar-refractivity contribution in [2.75, 3.05) is 18.0 Å². The van der Waals surface area contributed by atoms with Crippen molar-refractivity contribution in [2.24, 2.45) is 11.8 Å². The molecular formula is C13H19F2N3S. The lowest BCUT2D eigenvalue weighted by Gasteiger charge is -2.25. The number of nitrogens with zero attached hydrogens (tertiary/aromatic N) is 3. The average Bonchev–Trinajstić information content (AvgIpc) is 2.76. The van der Waals surface area contributed by atoms with E-state index in [1.165, 1.54) is 18.0 Å². The summed E-state index contributed by atoms with van der Waals surface area (Å²) in [6.07, 6.45) is 3.56. The van der Waals surface area contributed by atoms with Crippen LogP contribution in [0.2, 0.25) is 0 Å². The van der Waals surface area contributed by atoms with Crippen molar-refractivity contribution >= 4 is 16.7 Å². The molecule has 1 saturated carbocycles. The quantitative estimate of drug-likeness (QED) is 0.851. The Morgan fingerprint density at radius 2 is 1.95 bits per heavy atom. The van der Waals surface area contributed by atoms with Gasteiger partial charge in [0, 0.05) is 30.5 Å². The number of hydrogen-bond acceptors (Lipinski definition) is 4. The van der Waals surface area contributed by atoms with E-state index in [0.29, 0.717) is 5.82 Å². The number of alkyl halides is 2. The highest BCUT2D eigenvalue weighted by atomic mass is 32.1. The summed E-state index contributed by atoms with van der Waals surface area (Å²) in [7, 11) is 0. The van der Waals surface area contributed by atoms with Crippen molar-refractivity contribution in [3.05, 3.63) is 5.82 Å². The lowest BCUT2D eigenvalue weighted by molar-refractivity contribution is 0.0838. The van der Waals surface area contributed by atoms with Gasteiger partial charge in [0.2, 0.25) is 5.13 Å². The summed E-state index contributed by atoms with van der Waals surface area (Å²) in [6, 6.07) is 0. The van der Waals surface area contributed by atoms with Crippen LogP contribution in [0.1, 0.15) is 44.9 Å². The third kappa shape index (κ3) is 2.24. The molecule has 2 fully saturated rings. The van der Waals surface area contributed by atoms with Gasteiger partial charge in [0.1, 0.15) is 0 Å². The average molecular weight is 287 g/mol. The molecule has 0 spiro atoms. The summed E-state index contributed by atoms with van der Waals surface area (Å²) < 4.78 is 31.7. The van der Waals surface area contributed by atoms with Gasteiger partial charge in [-0.15, -0.1) is 0 Å². The van der Waals surface area contributed by atoms with E-state index in [1.807, 2.05) is 13.8 Å². The summed E-state index contributed by atoms with van der Waals surface area (Å²) in [6.45, 7) is 5.64. The van der Waals surface area contributed by atoms with Gasteiger partial charge in [-0.05, 0) is 25.2 Å². The van der Waals surface area contributed by atoms with Gasteiger partial charge >= 0.3 is 0 Å². The fourth-order valence-corrected chi connectivity index (χ4v) is 3.84. The first kappa shape index (κ1) is 13.2. The Bertz CT molecular complexity index is 454. The third-order valence-corrected chi connectivity index (χ3v) is 4.95. The number of piperidine rings is 1. The maximum atomic E-state index is 13.8. The largest absolute Gasteiger partial charge is 0.347 e. The summed E-state index contributed by atoms with van der Waals surface area (Å²) in [5.41, 5.74) is 0. The minimum Gasteiger partial charge on any atom is -0.347 e. The Balaban J connectivity index is 1.75. The van der Waals surface area contributed by atoms with Crippen molar-refractivity contribution in [3.8, 4) is 0 Å². The summed E-state index contributed by atoms with van der Waals surface area (Å²) >= 11 is 1.27. The Kier molecular flexibility index (Phi) is 3.23. The predicted octanol–water partition coefficient (Wildman–Crippen LogP) is 3.53. The van der Waals surface area contributed by atoms with Gasteiger partial charge in [0.25, 0.3) is 5.92 Å². The molecule has 3 nitrogen and oxygen atoms in total. The molecule has 6 heteroatoms. The van der Waals surface area contributed by atoms with E-state index in [2.05, 4.69) is 14.3 Å². The summed E-state index contributed by atoms with van der Waals surface area (Å²) in [5, 5.41) is 0.819. The molecule has 1 unspecified atom stereocenters. The van der Waals surface area contributed by atoms with E-state index in [0.717, 1.165) is 31.1 Å². The second-order valence-electron chi connectivity index (χ2n) is 5.90. The number of hydrogen-bond donors (Lipinski definition) is 0. The van der Waals surface area contributed by atoms with Crippen LogP contribution >= 0.6 is 11.5 Å². The van der Waals surface area contributed by atoms with Crippen LogP contribution in [0, 0.1) is 11.8 Å². The SMILES string of the molecule is CC(C)C1[C@@H](c2nsc(N3CCCCC3)n2)C1(F)F. The van der Waals surface area contributed by atoms with Crippen LogP contribution in [0.15, 0.2) is 0 Å². The molecule has 0 radical (unpaired) electrons. The number of anilines is 1. The van der Waals surface area contributed by atoms with Crippen LogP contribution < -0.4 is 4.90 Å². The molecule has 1 aromatic heterocycles. The molecule has 0 amide bonds. The van der Waals surface area contributed by atoms with Crippen LogP contribution in [-0.4, -0.2) is 28.4 Å². The number of aromatic nitrogens is 2. The summed E-state index contributed by atoms with van der Waals surface area (Å²) in [5.74, 6) is -3.64. The molecule has 0 bridgehead atoms. The minimum absolute atomic E-state index is 0.0260. The normalized spacial score (nSPS) is 29.8. The lowest BCUT2D eigenvalue weighted by atomic mass is 10.1. The molecule has 2 atom stereocenters. The molecule has 1 aromatic rings. The van der Waals surface area contributed by atoms with Crippen LogP contribution in [0.4, 0.5) is 13.9 Å². The minimum atomic E-state index is -2.62. The van der Waals surface area contributed by atoms with E-state index in [4.69, 9.17) is 0 Å². The molecule has 1 aliphatic carbocycles. The smallest absolute Gasteiger partial charge is 0.262 e. The van der Waals surface area contributed by atoms with Gasteiger partial charge in [0.15, 0.2) is 5.82 Å². The molecule has 2 heterocycles. The van der Waals surface area contributed by atoms with Crippen LogP contribution in [0.3, 0.4) is 0 Å². The van der Waals surface area contributed by atoms with Crippen molar-refractivity contribution in [2.45, 2.75) is 45.0 Å². The highest BCUT2D eigenvalue weighted by molar-refractivity contribution is 7.09. The maximum absolute atomic E-state index is 13.8. The number of halogens is 2. The third-order valence-electron chi connectivity index (χ3n) is 4.16. The molecule has 1 saturated heterocycles.